The summed E-state index contributed by atoms with van der Waals surface area (Å²) in [4.78, 5) is 38.1. The Balaban J connectivity index is 0.000000182. The average Bonchev–Trinajstić information content (AvgIpc) is 3.04. The Kier molecular flexibility index (Phi) is 13.2. The fourth-order valence-electron chi connectivity index (χ4n) is 5.00. The Morgan fingerprint density at radius 2 is 1.10 bits per heavy atom. The van der Waals surface area contributed by atoms with Crippen LogP contribution in [0.3, 0.4) is 0 Å². The molecule has 49 heavy (non-hydrogen) atoms. The molecule has 2 aromatic carbocycles. The number of carbonyl (C=O) groups is 2. The highest BCUT2D eigenvalue weighted by Gasteiger charge is 2.27. The number of hydrogen-bond donors (Lipinski definition) is 1. The van der Waals surface area contributed by atoms with E-state index >= 15 is 0 Å². The number of para-hydroxylation sites is 2. The number of hydrogen-bond acceptors (Lipinski definition) is 8. The number of carbonyl (C=O) groups excluding carboxylic acids is 2. The van der Waals surface area contributed by atoms with Gasteiger partial charge in [0.2, 0.25) is 0 Å². The van der Waals surface area contributed by atoms with E-state index in [-0.39, 0.29) is 17.8 Å². The predicted octanol–water partition coefficient (Wildman–Crippen LogP) is 8.31. The number of halogens is 3. The Labute approximate surface area is 303 Å². The van der Waals surface area contributed by atoms with Crippen molar-refractivity contribution in [1.82, 2.24) is 25.1 Å². The molecule has 2 fully saturated rings. The van der Waals surface area contributed by atoms with Gasteiger partial charge in [-0.15, -0.1) is 0 Å². The fourth-order valence-corrected chi connectivity index (χ4v) is 5.78. The molecule has 0 spiro atoms. The van der Waals surface area contributed by atoms with E-state index in [1.54, 1.807) is 15.9 Å². The molecule has 0 aliphatic carbocycles. The summed E-state index contributed by atoms with van der Waals surface area (Å²) in [5.74, 6) is 0.850. The lowest BCUT2D eigenvalue weighted by Crippen LogP contribution is -2.50. The van der Waals surface area contributed by atoms with Crippen LogP contribution in [-0.4, -0.2) is 95.5 Å². The standard InChI is InChI=1S/C18H22ClN3O2.C9H5Cl2N.C9H18N2O2/c1-18(2,3)24-17(23)22-10-8-21(9-11-22)16-12-14(19)13-6-4-5-7-15(13)20-16;10-7-5-9(11)12-8-4-2-1-3-6(7)8;1-9(2,3)13-8(12)11-6-4-10-5-7-11/h4-7,12H,8-11H2,1-3H3;1-5H;10H,4-7H2,1-3H3. The third-order valence-corrected chi connectivity index (χ3v) is 8.13. The molecule has 0 unspecified atom stereocenters. The summed E-state index contributed by atoms with van der Waals surface area (Å²) in [6, 6.07) is 19.0. The summed E-state index contributed by atoms with van der Waals surface area (Å²) in [5.41, 5.74) is 0.855. The molecule has 2 aromatic heterocycles. The number of piperazine rings is 2. The summed E-state index contributed by atoms with van der Waals surface area (Å²) in [6.07, 6.45) is -0.458. The fraction of sp³-hybridized carbons (Fsp3) is 0.444. The zero-order valence-electron chi connectivity index (χ0n) is 28.9. The van der Waals surface area contributed by atoms with Crippen LogP contribution >= 0.6 is 34.8 Å². The van der Waals surface area contributed by atoms with Gasteiger partial charge in [0.05, 0.1) is 21.1 Å². The lowest BCUT2D eigenvalue weighted by molar-refractivity contribution is 0.0223. The van der Waals surface area contributed by atoms with Crippen molar-refractivity contribution in [2.75, 3.05) is 57.3 Å². The first-order chi connectivity index (χ1) is 23.1. The predicted molar refractivity (Wildman–Crippen MR) is 199 cm³/mol. The van der Waals surface area contributed by atoms with Crippen molar-refractivity contribution < 1.29 is 19.1 Å². The highest BCUT2D eigenvalue weighted by Crippen LogP contribution is 2.28. The molecule has 1 N–H and O–H groups in total. The van der Waals surface area contributed by atoms with E-state index in [0.29, 0.717) is 41.4 Å². The lowest BCUT2D eigenvalue weighted by atomic mass is 10.2. The Bertz CT molecular complexity index is 1730. The van der Waals surface area contributed by atoms with Crippen LogP contribution < -0.4 is 10.2 Å². The molecule has 4 heterocycles. The van der Waals surface area contributed by atoms with E-state index in [0.717, 1.165) is 53.8 Å². The van der Waals surface area contributed by atoms with Gasteiger partial charge in [-0.2, -0.15) is 0 Å². The number of anilines is 1. The molecule has 2 aliphatic heterocycles. The van der Waals surface area contributed by atoms with Crippen molar-refractivity contribution in [3.8, 4) is 0 Å². The lowest BCUT2D eigenvalue weighted by Gasteiger charge is -2.36. The maximum atomic E-state index is 12.1. The number of nitrogens with zero attached hydrogens (tertiary/aromatic N) is 5. The molecule has 2 amide bonds. The van der Waals surface area contributed by atoms with Crippen molar-refractivity contribution in [2.45, 2.75) is 52.7 Å². The molecule has 264 valence electrons. The summed E-state index contributed by atoms with van der Waals surface area (Å²) in [6.45, 7) is 17.1. The molecular formula is C36H45Cl3N6O4. The summed E-state index contributed by atoms with van der Waals surface area (Å²) < 4.78 is 10.7. The molecule has 0 atom stereocenters. The van der Waals surface area contributed by atoms with Crippen molar-refractivity contribution >= 4 is 74.6 Å². The number of fused-ring (bicyclic) bond motifs is 2. The van der Waals surface area contributed by atoms with Crippen LogP contribution in [0.4, 0.5) is 15.4 Å². The van der Waals surface area contributed by atoms with Crippen LogP contribution in [0, 0.1) is 0 Å². The van der Waals surface area contributed by atoms with Crippen molar-refractivity contribution in [3.63, 3.8) is 0 Å². The van der Waals surface area contributed by atoms with Crippen LogP contribution in [-0.2, 0) is 9.47 Å². The number of ether oxygens (including phenoxy) is 2. The van der Waals surface area contributed by atoms with Gasteiger partial charge in [0.1, 0.15) is 22.2 Å². The number of benzene rings is 2. The van der Waals surface area contributed by atoms with Gasteiger partial charge >= 0.3 is 12.2 Å². The van der Waals surface area contributed by atoms with Gasteiger partial charge in [-0.3, -0.25) is 0 Å². The smallest absolute Gasteiger partial charge is 0.410 e. The number of pyridine rings is 2. The largest absolute Gasteiger partial charge is 0.444 e. The molecule has 0 radical (unpaired) electrons. The van der Waals surface area contributed by atoms with Crippen LogP contribution in [0.2, 0.25) is 15.2 Å². The Morgan fingerprint density at radius 1 is 0.653 bits per heavy atom. The van der Waals surface area contributed by atoms with Crippen LogP contribution in [0.25, 0.3) is 21.8 Å². The second-order valence-electron chi connectivity index (χ2n) is 13.6. The molecule has 0 saturated carbocycles. The zero-order valence-corrected chi connectivity index (χ0v) is 31.2. The van der Waals surface area contributed by atoms with E-state index in [2.05, 4.69) is 15.2 Å². The van der Waals surface area contributed by atoms with Crippen LogP contribution in [0.15, 0.2) is 60.7 Å². The van der Waals surface area contributed by atoms with Crippen LogP contribution in [0.5, 0.6) is 0 Å². The van der Waals surface area contributed by atoms with Crippen molar-refractivity contribution in [3.05, 3.63) is 75.9 Å². The molecule has 10 nitrogen and oxygen atoms in total. The minimum Gasteiger partial charge on any atom is -0.444 e. The minimum atomic E-state index is -0.471. The van der Waals surface area contributed by atoms with E-state index in [9.17, 15) is 9.59 Å². The van der Waals surface area contributed by atoms with Gasteiger partial charge in [-0.1, -0.05) is 71.2 Å². The summed E-state index contributed by atoms with van der Waals surface area (Å²) in [7, 11) is 0. The van der Waals surface area contributed by atoms with E-state index in [1.807, 2.05) is 96.1 Å². The van der Waals surface area contributed by atoms with E-state index in [1.165, 1.54) is 0 Å². The Morgan fingerprint density at radius 3 is 1.61 bits per heavy atom. The monoisotopic (exact) mass is 730 g/mol. The molecule has 2 aliphatic rings. The topological polar surface area (TPSA) is 100 Å². The van der Waals surface area contributed by atoms with Gasteiger partial charge in [0, 0.05) is 63.1 Å². The number of aromatic nitrogens is 2. The molecule has 13 heteroatoms. The molecule has 2 saturated heterocycles. The van der Waals surface area contributed by atoms with Gasteiger partial charge in [0.15, 0.2) is 0 Å². The van der Waals surface area contributed by atoms with Crippen molar-refractivity contribution in [1.29, 1.82) is 0 Å². The first-order valence-corrected chi connectivity index (χ1v) is 17.4. The third kappa shape index (κ3) is 11.8. The minimum absolute atomic E-state index is 0.200. The second-order valence-corrected chi connectivity index (χ2v) is 14.8. The molecule has 0 bridgehead atoms. The first-order valence-electron chi connectivity index (χ1n) is 16.3. The summed E-state index contributed by atoms with van der Waals surface area (Å²) >= 11 is 18.0. The van der Waals surface area contributed by atoms with Crippen molar-refractivity contribution in [2.24, 2.45) is 0 Å². The molecule has 4 aromatic rings. The first kappa shape index (κ1) is 38.2. The van der Waals surface area contributed by atoms with Crippen LogP contribution in [0.1, 0.15) is 41.5 Å². The third-order valence-electron chi connectivity index (χ3n) is 7.31. The average molecular weight is 732 g/mol. The maximum Gasteiger partial charge on any atom is 0.410 e. The van der Waals surface area contributed by atoms with E-state index < -0.39 is 5.60 Å². The van der Waals surface area contributed by atoms with Gasteiger partial charge in [-0.05, 0) is 65.8 Å². The normalized spacial score (nSPS) is 15.2. The molecule has 6 rings (SSSR count). The number of nitrogens with one attached hydrogen (secondary N) is 1. The Hall–Kier alpha value is -3.57. The SMILES string of the molecule is CC(C)(C)OC(=O)N1CCN(c2cc(Cl)c3ccccc3n2)CC1.CC(C)(C)OC(=O)N1CCNCC1.Clc1cc(Cl)c2ccccc2n1. The van der Waals surface area contributed by atoms with E-state index in [4.69, 9.17) is 49.3 Å². The highest BCUT2D eigenvalue weighted by molar-refractivity contribution is 6.37. The van der Waals surface area contributed by atoms with Gasteiger partial charge in [-0.25, -0.2) is 19.6 Å². The highest BCUT2D eigenvalue weighted by atomic mass is 35.5. The van der Waals surface area contributed by atoms with Gasteiger partial charge in [0.25, 0.3) is 0 Å². The second kappa shape index (κ2) is 16.9. The zero-order chi connectivity index (χ0) is 35.8. The molecular weight excluding hydrogens is 687 g/mol. The maximum absolute atomic E-state index is 12.1. The number of rotatable bonds is 1. The number of amides is 2. The van der Waals surface area contributed by atoms with Gasteiger partial charge < -0.3 is 29.5 Å². The summed E-state index contributed by atoms with van der Waals surface area (Å²) in [5, 5.41) is 6.84. The quantitative estimate of drug-likeness (QED) is 0.195.